The van der Waals surface area contributed by atoms with Crippen LogP contribution in [0.1, 0.15) is 89.7 Å². The van der Waals surface area contributed by atoms with Crippen molar-refractivity contribution in [2.45, 2.75) is 121 Å². The number of hydrogen-bond donors (Lipinski definition) is 3. The second-order valence-corrected chi connectivity index (χ2v) is 15.2. The summed E-state index contributed by atoms with van der Waals surface area (Å²) in [5.74, 6) is -1.71. The Morgan fingerprint density at radius 3 is 2.40 bits per heavy atom. The molecule has 52 heavy (non-hydrogen) atoms. The summed E-state index contributed by atoms with van der Waals surface area (Å²) in [6.07, 6.45) is 3.18. The SMILES string of the molecule is CC(C)(C)OC(=O)N[C@H]1CCCCCCC[C@@H]2C[C@@]2(C(=O)NOc2ccccc2)NC(=O)[C@@H]2C[C@@H](OC(=O)N3Cc4cccc(F)c4C3)CN2C1=O. The van der Waals surface area contributed by atoms with Crippen molar-refractivity contribution >= 4 is 29.9 Å². The largest absolute Gasteiger partial charge is 0.444 e. The smallest absolute Gasteiger partial charge is 0.410 e. The van der Waals surface area contributed by atoms with Gasteiger partial charge < -0.3 is 29.8 Å². The van der Waals surface area contributed by atoms with Crippen LogP contribution in [-0.2, 0) is 36.9 Å². The van der Waals surface area contributed by atoms with Gasteiger partial charge in [-0.25, -0.2) is 14.0 Å². The topological polar surface area (TPSA) is 156 Å². The zero-order chi connectivity index (χ0) is 37.0. The molecule has 3 fully saturated rings. The lowest BCUT2D eigenvalue weighted by atomic mass is 10.0. The zero-order valence-corrected chi connectivity index (χ0v) is 30.0. The van der Waals surface area contributed by atoms with Gasteiger partial charge in [-0.15, -0.1) is 0 Å². The van der Waals surface area contributed by atoms with Crippen LogP contribution in [0.2, 0.25) is 0 Å². The van der Waals surface area contributed by atoms with E-state index in [1.165, 1.54) is 15.9 Å². The van der Waals surface area contributed by atoms with Gasteiger partial charge >= 0.3 is 12.2 Å². The fourth-order valence-corrected chi connectivity index (χ4v) is 7.43. The minimum absolute atomic E-state index is 0.0338. The van der Waals surface area contributed by atoms with Gasteiger partial charge in [0.05, 0.1) is 13.1 Å². The Morgan fingerprint density at radius 2 is 1.67 bits per heavy atom. The molecule has 0 bridgehead atoms. The van der Waals surface area contributed by atoms with Crippen LogP contribution in [0.4, 0.5) is 14.0 Å². The number of alkyl carbamates (subject to hydrolysis) is 1. The summed E-state index contributed by atoms with van der Waals surface area (Å²) in [5, 5.41) is 5.69. The standard InChI is InChI=1S/C38H48FN5O8/c1-37(2,3)51-35(48)40-30-18-11-6-4-5-8-14-25-20-38(25,34(47)42-52-26-15-9-7-10-16-26)41-32(45)31-19-27(22-44(31)33(30)46)50-36(49)43-21-24-13-12-17-29(39)28(24)23-43/h7,9-10,12-13,15-17,25,27,30-31H,4-6,8,11,14,18-23H2,1-3H3,(H,40,48)(H,41,45)(H,42,47)/t25-,27-,30+,31+,38-/m1/s1. The molecule has 0 unspecified atom stereocenters. The number of halogens is 1. The molecule has 2 aromatic rings. The third kappa shape index (κ3) is 8.59. The molecule has 1 saturated carbocycles. The first-order valence-corrected chi connectivity index (χ1v) is 18.2. The minimum Gasteiger partial charge on any atom is -0.444 e. The monoisotopic (exact) mass is 721 g/mol. The Hall–Kier alpha value is -4.88. The average Bonchev–Trinajstić information content (AvgIpc) is 3.39. The van der Waals surface area contributed by atoms with Crippen molar-refractivity contribution in [3.8, 4) is 5.75 Å². The molecule has 2 aromatic carbocycles. The van der Waals surface area contributed by atoms with Crippen molar-refractivity contribution < 1.29 is 42.7 Å². The summed E-state index contributed by atoms with van der Waals surface area (Å²) in [6.45, 7) is 5.24. The summed E-state index contributed by atoms with van der Waals surface area (Å²) in [6, 6.07) is 11.3. The number of ether oxygens (including phenoxy) is 2. The van der Waals surface area contributed by atoms with Crippen LogP contribution >= 0.6 is 0 Å². The molecule has 0 spiro atoms. The van der Waals surface area contributed by atoms with Crippen LogP contribution in [0.3, 0.4) is 0 Å². The molecule has 2 saturated heterocycles. The van der Waals surface area contributed by atoms with E-state index in [0.29, 0.717) is 42.6 Å². The quantitative estimate of drug-likeness (QED) is 0.370. The lowest BCUT2D eigenvalue weighted by Gasteiger charge is -2.30. The second kappa shape index (κ2) is 15.4. The number of nitrogens with zero attached hydrogens (tertiary/aromatic N) is 2. The van der Waals surface area contributed by atoms with E-state index in [4.69, 9.17) is 14.3 Å². The van der Waals surface area contributed by atoms with Gasteiger partial charge in [0.25, 0.3) is 5.91 Å². The van der Waals surface area contributed by atoms with Crippen molar-refractivity contribution in [1.82, 2.24) is 25.9 Å². The number of carbonyl (C=O) groups excluding carboxylic acids is 5. The molecule has 0 aromatic heterocycles. The molecule has 3 N–H and O–H groups in total. The van der Waals surface area contributed by atoms with Gasteiger partial charge in [0.1, 0.15) is 35.1 Å². The Kier molecular flexibility index (Phi) is 10.9. The minimum atomic E-state index is -1.25. The molecule has 13 nitrogen and oxygen atoms in total. The number of hydrogen-bond acceptors (Lipinski definition) is 8. The van der Waals surface area contributed by atoms with Crippen molar-refractivity contribution in [3.05, 3.63) is 65.5 Å². The summed E-state index contributed by atoms with van der Waals surface area (Å²) in [5.41, 5.74) is 1.55. The molecular weight excluding hydrogens is 673 g/mol. The van der Waals surface area contributed by atoms with Crippen molar-refractivity contribution in [3.63, 3.8) is 0 Å². The lowest BCUT2D eigenvalue weighted by molar-refractivity contribution is -0.142. The maximum Gasteiger partial charge on any atom is 0.410 e. The van der Waals surface area contributed by atoms with E-state index in [2.05, 4.69) is 16.1 Å². The maximum absolute atomic E-state index is 14.4. The van der Waals surface area contributed by atoms with Gasteiger partial charge in [0.2, 0.25) is 11.8 Å². The summed E-state index contributed by atoms with van der Waals surface area (Å²) < 4.78 is 25.8. The van der Waals surface area contributed by atoms with E-state index in [1.807, 2.05) is 6.07 Å². The number of hydroxylamine groups is 1. The summed E-state index contributed by atoms with van der Waals surface area (Å²) >= 11 is 0. The third-order valence-corrected chi connectivity index (χ3v) is 10.2. The summed E-state index contributed by atoms with van der Waals surface area (Å²) in [4.78, 5) is 76.8. The number of para-hydroxylation sites is 1. The molecular formula is C38H48FN5O8. The van der Waals surface area contributed by atoms with Crippen LogP contribution in [0.5, 0.6) is 5.75 Å². The fraction of sp³-hybridized carbons (Fsp3) is 0.553. The van der Waals surface area contributed by atoms with Crippen molar-refractivity contribution in [1.29, 1.82) is 0 Å². The van der Waals surface area contributed by atoms with Crippen molar-refractivity contribution in [2.75, 3.05) is 6.54 Å². The highest BCUT2D eigenvalue weighted by atomic mass is 19.1. The van der Waals surface area contributed by atoms with E-state index in [0.717, 1.165) is 25.7 Å². The molecule has 4 aliphatic rings. The second-order valence-electron chi connectivity index (χ2n) is 15.2. The van der Waals surface area contributed by atoms with Crippen LogP contribution in [-0.4, -0.2) is 75.6 Å². The normalized spacial score (nSPS) is 26.4. The lowest BCUT2D eigenvalue weighted by Crippen LogP contribution is -2.58. The van der Waals surface area contributed by atoms with E-state index in [9.17, 15) is 28.4 Å². The number of benzene rings is 2. The molecule has 14 heteroatoms. The molecule has 1 aliphatic carbocycles. The van der Waals surface area contributed by atoms with Crippen LogP contribution in [0.15, 0.2) is 48.5 Å². The highest BCUT2D eigenvalue weighted by molar-refractivity contribution is 5.98. The van der Waals surface area contributed by atoms with Crippen LogP contribution < -0.4 is 21.0 Å². The predicted octanol–water partition coefficient (Wildman–Crippen LogP) is 4.87. The van der Waals surface area contributed by atoms with E-state index in [1.54, 1.807) is 57.2 Å². The number of rotatable bonds is 5. The zero-order valence-electron chi connectivity index (χ0n) is 30.0. The summed E-state index contributed by atoms with van der Waals surface area (Å²) in [7, 11) is 0. The number of amides is 5. The number of nitrogens with one attached hydrogen (secondary N) is 3. The van der Waals surface area contributed by atoms with E-state index < -0.39 is 65.1 Å². The first kappa shape index (κ1) is 36.9. The average molecular weight is 722 g/mol. The van der Waals surface area contributed by atoms with Gasteiger partial charge in [0.15, 0.2) is 5.75 Å². The molecule has 3 aliphatic heterocycles. The predicted molar refractivity (Wildman–Crippen MR) is 186 cm³/mol. The Balaban J connectivity index is 1.23. The number of carbonyl (C=O) groups is 5. The maximum atomic E-state index is 14.4. The number of fused-ring (bicyclic) bond motifs is 3. The van der Waals surface area contributed by atoms with Gasteiger partial charge in [-0.3, -0.25) is 19.3 Å². The van der Waals surface area contributed by atoms with Crippen molar-refractivity contribution in [2.24, 2.45) is 5.92 Å². The molecule has 280 valence electrons. The molecule has 6 rings (SSSR count). The van der Waals surface area contributed by atoms with Crippen LogP contribution in [0, 0.1) is 11.7 Å². The Labute approximate surface area is 302 Å². The van der Waals surface area contributed by atoms with Gasteiger partial charge in [-0.2, -0.15) is 5.48 Å². The highest BCUT2D eigenvalue weighted by Crippen LogP contribution is 2.47. The van der Waals surface area contributed by atoms with E-state index in [-0.39, 0.29) is 32.0 Å². The van der Waals surface area contributed by atoms with Gasteiger partial charge in [-0.1, -0.05) is 62.4 Å². The fourth-order valence-electron chi connectivity index (χ4n) is 7.43. The third-order valence-electron chi connectivity index (χ3n) is 10.2. The van der Waals surface area contributed by atoms with Crippen LogP contribution in [0.25, 0.3) is 0 Å². The Morgan fingerprint density at radius 1 is 0.942 bits per heavy atom. The highest BCUT2D eigenvalue weighted by Gasteiger charge is 2.62. The molecule has 5 atom stereocenters. The molecule has 3 heterocycles. The first-order valence-electron chi connectivity index (χ1n) is 18.2. The van der Waals surface area contributed by atoms with Gasteiger partial charge in [0, 0.05) is 18.5 Å². The first-order chi connectivity index (χ1) is 24.8. The van der Waals surface area contributed by atoms with Gasteiger partial charge in [-0.05, 0) is 69.7 Å². The van der Waals surface area contributed by atoms with E-state index >= 15 is 0 Å². The Bertz CT molecular complexity index is 1670. The molecule has 0 radical (unpaired) electrons. The molecule has 5 amide bonds.